The summed E-state index contributed by atoms with van der Waals surface area (Å²) < 4.78 is 27.2. The first-order valence-corrected chi connectivity index (χ1v) is 17.2. The molecule has 0 saturated carbocycles. The monoisotopic (exact) mass is 653 g/mol. The third kappa shape index (κ3) is 6.71. The number of alkyl carbamates (subject to hydrolysis) is 1. The van der Waals surface area contributed by atoms with Crippen molar-refractivity contribution >= 4 is 61.8 Å². The first-order chi connectivity index (χ1) is 21.4. The summed E-state index contributed by atoms with van der Waals surface area (Å²) >= 11 is 6.84. The van der Waals surface area contributed by atoms with Crippen molar-refractivity contribution in [2.45, 2.75) is 51.3 Å². The number of rotatable bonds is 5. The van der Waals surface area contributed by atoms with Crippen LogP contribution in [0.3, 0.4) is 0 Å². The second kappa shape index (κ2) is 12.3. The molecular formula is C33H39ClFN6O3S+. The number of phenols is 1. The number of halogens is 2. The van der Waals surface area contributed by atoms with Gasteiger partial charge in [-0.1, -0.05) is 40.2 Å². The minimum absolute atomic E-state index is 0.0158. The number of thiol groups is 1. The van der Waals surface area contributed by atoms with Crippen LogP contribution in [0.4, 0.5) is 21.0 Å². The molecule has 6 rings (SSSR count). The van der Waals surface area contributed by atoms with E-state index in [1.165, 1.54) is 6.07 Å². The predicted molar refractivity (Wildman–Crippen MR) is 182 cm³/mol. The van der Waals surface area contributed by atoms with Crippen LogP contribution in [0.2, 0.25) is 5.02 Å². The summed E-state index contributed by atoms with van der Waals surface area (Å²) in [5.74, 6) is 1.91. The van der Waals surface area contributed by atoms with Gasteiger partial charge in [0.05, 0.1) is 21.9 Å². The molecular weight excluding hydrogens is 615 g/mol. The summed E-state index contributed by atoms with van der Waals surface area (Å²) in [4.78, 5) is 26.1. The fourth-order valence-electron chi connectivity index (χ4n) is 5.80. The van der Waals surface area contributed by atoms with Crippen LogP contribution in [-0.4, -0.2) is 82.4 Å². The molecule has 238 valence electrons. The van der Waals surface area contributed by atoms with Crippen LogP contribution in [-0.2, 0) is 15.4 Å². The van der Waals surface area contributed by atoms with Gasteiger partial charge in [-0.05, 0) is 80.1 Å². The maximum absolute atomic E-state index is 16.7. The zero-order chi connectivity index (χ0) is 32.0. The van der Waals surface area contributed by atoms with Crippen molar-refractivity contribution in [3.05, 3.63) is 53.3 Å². The number of benzene rings is 3. The minimum Gasteiger partial charge on any atom is -0.508 e. The van der Waals surface area contributed by atoms with Gasteiger partial charge in [0.25, 0.3) is 0 Å². The summed E-state index contributed by atoms with van der Waals surface area (Å²) in [6.07, 6.45) is 1.13. The van der Waals surface area contributed by atoms with Gasteiger partial charge in [0.15, 0.2) is 5.82 Å². The average Bonchev–Trinajstić information content (AvgIpc) is 2.92. The molecule has 2 aliphatic rings. The van der Waals surface area contributed by atoms with Crippen LogP contribution in [0.5, 0.6) is 5.75 Å². The lowest BCUT2D eigenvalue weighted by molar-refractivity contribution is 0.0501. The van der Waals surface area contributed by atoms with E-state index in [0.717, 1.165) is 48.2 Å². The smallest absolute Gasteiger partial charge is 0.407 e. The molecule has 0 bridgehead atoms. The van der Waals surface area contributed by atoms with Crippen LogP contribution in [0, 0.1) is 5.82 Å². The predicted octanol–water partition coefficient (Wildman–Crippen LogP) is 6.55. The van der Waals surface area contributed by atoms with Crippen LogP contribution in [0.15, 0.2) is 46.8 Å². The lowest BCUT2D eigenvalue weighted by Gasteiger charge is -2.42. The first kappa shape index (κ1) is 31.4. The average molecular weight is 654 g/mol. The maximum atomic E-state index is 16.7. The third-order valence-electron chi connectivity index (χ3n) is 8.27. The Hall–Kier alpha value is -3.54. The Morgan fingerprint density at radius 3 is 2.53 bits per heavy atom. The Morgan fingerprint density at radius 2 is 1.84 bits per heavy atom. The van der Waals surface area contributed by atoms with Crippen molar-refractivity contribution in [3.63, 3.8) is 0 Å². The number of phenolic OH excluding ortho intramolecular Hbond substituents is 1. The summed E-state index contributed by atoms with van der Waals surface area (Å²) in [5, 5.41) is 15.7. The fourth-order valence-corrected chi connectivity index (χ4v) is 8.16. The number of nitrogens with one attached hydrogen (secondary N) is 1. The Bertz CT molecular complexity index is 1810. The lowest BCUT2D eigenvalue weighted by atomic mass is 9.96. The van der Waals surface area contributed by atoms with E-state index in [-0.39, 0.29) is 27.9 Å². The molecule has 12 heteroatoms. The van der Waals surface area contributed by atoms with Gasteiger partial charge in [-0.2, -0.15) is 4.98 Å². The number of ether oxygens (including phenoxy) is 1. The summed E-state index contributed by atoms with van der Waals surface area (Å²) in [7, 11) is 3.25. The van der Waals surface area contributed by atoms with Crippen LogP contribution >= 0.6 is 11.6 Å². The molecule has 2 saturated heterocycles. The summed E-state index contributed by atoms with van der Waals surface area (Å²) in [6, 6.07) is 12.7. The number of hydrogen-bond acceptors (Lipinski definition) is 8. The maximum Gasteiger partial charge on any atom is 0.407 e. The number of aromatic hydroxyl groups is 1. The molecule has 2 N–H and O–H groups in total. The van der Waals surface area contributed by atoms with Gasteiger partial charge in [-0.25, -0.2) is 14.2 Å². The highest BCUT2D eigenvalue weighted by molar-refractivity contribution is 7.87. The Labute approximate surface area is 269 Å². The molecule has 1 aromatic heterocycles. The van der Waals surface area contributed by atoms with Gasteiger partial charge < -0.3 is 25.0 Å². The van der Waals surface area contributed by atoms with Crippen molar-refractivity contribution in [2.75, 3.05) is 43.6 Å². The van der Waals surface area contributed by atoms with Crippen LogP contribution in [0.1, 0.15) is 33.6 Å². The zero-order valence-corrected chi connectivity index (χ0v) is 27.8. The third-order valence-corrected chi connectivity index (χ3v) is 10.6. The topological polar surface area (TPSA) is 103 Å². The van der Waals surface area contributed by atoms with Gasteiger partial charge in [0.1, 0.15) is 16.9 Å². The molecule has 3 heterocycles. The van der Waals surface area contributed by atoms with Crippen molar-refractivity contribution < 1.29 is 19.0 Å². The van der Waals surface area contributed by atoms with E-state index < -0.39 is 28.2 Å². The van der Waals surface area contributed by atoms with Crippen LogP contribution in [0.25, 0.3) is 32.8 Å². The number of anilines is 1. The van der Waals surface area contributed by atoms with E-state index >= 15 is 4.39 Å². The number of aromatic nitrogens is 2. The quantitative estimate of drug-likeness (QED) is 0.186. The molecule has 1 amide bonds. The molecule has 45 heavy (non-hydrogen) atoms. The molecule has 3 aromatic carbocycles. The largest absolute Gasteiger partial charge is 0.508 e. The van der Waals surface area contributed by atoms with Crippen molar-refractivity contribution in [2.24, 2.45) is 4.36 Å². The highest BCUT2D eigenvalue weighted by Gasteiger charge is 2.32. The van der Waals surface area contributed by atoms with E-state index in [1.54, 1.807) is 12.1 Å². The standard InChI is InChI=1S/C33H38ClFN6O3S/c1-33(2,3)44-32(43)36-20-10-12-45(13-11-20)39-30-25-16-26(34)27(24-15-22(42)14-19-8-6-7-9-23(19)24)28(35)29(25)37-31(38-30)41-17-21(18-41)40(4)5/h6-9,14-16,20-21,42H,10-13,17-18H2,1-5H3,(H,36,43)/p+1. The highest BCUT2D eigenvalue weighted by atomic mass is 35.5. The molecule has 9 nitrogen and oxygen atoms in total. The van der Waals surface area contributed by atoms with Crippen molar-refractivity contribution in [1.82, 2.24) is 20.2 Å². The molecule has 0 atom stereocenters. The molecule has 0 unspecified atom stereocenters. The van der Waals surface area contributed by atoms with Gasteiger partial charge in [0.2, 0.25) is 11.8 Å². The fraction of sp³-hybridized carbons (Fsp3) is 0.424. The first-order valence-electron chi connectivity index (χ1n) is 15.2. The van der Waals surface area contributed by atoms with E-state index in [9.17, 15) is 9.90 Å². The number of carbonyl (C=O) groups excluding carboxylic acids is 1. The number of likely N-dealkylation sites (N-methyl/N-ethyl adjacent to an activating group) is 1. The number of amides is 1. The second-order valence-electron chi connectivity index (χ2n) is 13.0. The summed E-state index contributed by atoms with van der Waals surface area (Å²) in [6.45, 7) is 6.98. The van der Waals surface area contributed by atoms with E-state index in [1.807, 2.05) is 64.0 Å². The molecule has 0 spiro atoms. The van der Waals surface area contributed by atoms with Gasteiger partial charge >= 0.3 is 6.09 Å². The lowest BCUT2D eigenvalue weighted by Crippen LogP contribution is -2.58. The van der Waals surface area contributed by atoms with Gasteiger partial charge in [-0.3, -0.25) is 0 Å². The van der Waals surface area contributed by atoms with Gasteiger partial charge in [0, 0.05) is 43.6 Å². The van der Waals surface area contributed by atoms with E-state index in [0.29, 0.717) is 28.8 Å². The molecule has 4 aromatic rings. The van der Waals surface area contributed by atoms with Crippen molar-refractivity contribution in [3.8, 4) is 16.9 Å². The second-order valence-corrected chi connectivity index (χ2v) is 15.5. The number of carbonyl (C=O) groups is 1. The van der Waals surface area contributed by atoms with Crippen LogP contribution < -0.4 is 10.2 Å². The zero-order valence-electron chi connectivity index (χ0n) is 26.1. The molecule has 2 aliphatic heterocycles. The Balaban J connectivity index is 1.39. The number of nitrogens with zero attached hydrogens (tertiary/aromatic N) is 5. The SMILES string of the molecule is CN(C)C1CN(c2nc(N=[SH+]3CCC(NC(=O)OC(C)(C)C)CC3)c3cc(Cl)c(-c4cc(O)cc5ccccc45)c(F)c3n2)C1. The molecule has 0 aliphatic carbocycles. The normalized spacial score (nSPS) is 19.2. The van der Waals surface area contributed by atoms with Gasteiger partial charge in [-0.15, -0.1) is 0 Å². The van der Waals surface area contributed by atoms with E-state index in [4.69, 9.17) is 30.7 Å². The Kier molecular flexibility index (Phi) is 8.62. The summed E-state index contributed by atoms with van der Waals surface area (Å²) in [5.41, 5.74) is 0.266. The molecule has 0 radical (unpaired) electrons. The Morgan fingerprint density at radius 1 is 1.13 bits per heavy atom. The molecule has 2 fully saturated rings. The number of fused-ring (bicyclic) bond motifs is 2. The van der Waals surface area contributed by atoms with E-state index in [2.05, 4.69) is 10.2 Å². The number of hydrogen-bond donors (Lipinski definition) is 2. The highest BCUT2D eigenvalue weighted by Crippen LogP contribution is 2.42. The minimum atomic E-state index is -0.818. The van der Waals surface area contributed by atoms with Crippen molar-refractivity contribution in [1.29, 1.82) is 0 Å².